The Morgan fingerprint density at radius 1 is 1.19 bits per heavy atom. The van der Waals surface area contributed by atoms with Crippen molar-refractivity contribution in [2.75, 3.05) is 0 Å². The number of hydrogen-bond donors (Lipinski definition) is 3. The molecule has 0 unspecified atom stereocenters. The fourth-order valence-electron chi connectivity index (χ4n) is 1.28. The highest BCUT2D eigenvalue weighted by Crippen LogP contribution is 2.19. The maximum atomic E-state index is 11.4. The second-order valence-corrected chi connectivity index (χ2v) is 3.41. The Labute approximate surface area is 91.0 Å². The molecule has 0 saturated heterocycles. The van der Waals surface area contributed by atoms with Gasteiger partial charge in [0.05, 0.1) is 5.56 Å². The van der Waals surface area contributed by atoms with E-state index in [4.69, 9.17) is 5.11 Å². The minimum atomic E-state index is -0.379. The minimum absolute atomic E-state index is 0.127. The van der Waals surface area contributed by atoms with Crippen LogP contribution >= 0.6 is 0 Å². The Bertz CT molecular complexity index is 573. The number of phenols is 1. The Balaban J connectivity index is 2.57. The highest BCUT2D eigenvalue weighted by Gasteiger charge is 2.07. The van der Waals surface area contributed by atoms with Crippen molar-refractivity contribution in [2.45, 2.75) is 6.92 Å². The molecule has 1 aromatic carbocycles. The summed E-state index contributed by atoms with van der Waals surface area (Å²) in [5.74, 6) is 0.113. The molecule has 5 heteroatoms. The van der Waals surface area contributed by atoms with Gasteiger partial charge in [0.15, 0.2) is 0 Å². The van der Waals surface area contributed by atoms with Crippen LogP contribution in [0.15, 0.2) is 29.1 Å². The molecule has 82 valence electrons. The lowest BCUT2D eigenvalue weighted by atomic mass is 10.2. The largest absolute Gasteiger partial charge is 0.508 e. The molecule has 0 bridgehead atoms. The molecule has 0 aliphatic heterocycles. The van der Waals surface area contributed by atoms with E-state index in [1.807, 2.05) is 0 Å². The van der Waals surface area contributed by atoms with E-state index >= 15 is 0 Å². The van der Waals surface area contributed by atoms with Gasteiger partial charge in [-0.3, -0.25) is 4.79 Å². The van der Waals surface area contributed by atoms with Crippen LogP contribution in [0.4, 0.5) is 0 Å². The number of phenolic OH excluding ortho intramolecular Hbond substituents is 1. The van der Waals surface area contributed by atoms with E-state index in [0.717, 1.165) is 0 Å². The molecule has 0 radical (unpaired) electrons. The summed E-state index contributed by atoms with van der Waals surface area (Å²) in [6.45, 7) is 1.49. The lowest BCUT2D eigenvalue weighted by Gasteiger charge is -2.03. The summed E-state index contributed by atoms with van der Waals surface area (Å²) in [6.07, 6.45) is 0. The third-order valence-corrected chi connectivity index (χ3v) is 2.27. The molecule has 0 spiro atoms. The molecule has 0 aliphatic carbocycles. The van der Waals surface area contributed by atoms with Crippen molar-refractivity contribution >= 4 is 0 Å². The van der Waals surface area contributed by atoms with Crippen molar-refractivity contribution in [3.05, 3.63) is 40.2 Å². The summed E-state index contributed by atoms with van der Waals surface area (Å²) in [5.41, 5.74) is 0.420. The van der Waals surface area contributed by atoms with Crippen molar-refractivity contribution in [1.82, 2.24) is 9.97 Å². The molecule has 3 N–H and O–H groups in total. The van der Waals surface area contributed by atoms with Gasteiger partial charge in [-0.25, -0.2) is 0 Å². The average Bonchev–Trinajstić information content (AvgIpc) is 2.26. The Kier molecular flexibility index (Phi) is 2.36. The van der Waals surface area contributed by atoms with E-state index < -0.39 is 0 Å². The zero-order valence-corrected chi connectivity index (χ0v) is 8.56. The molecule has 2 aromatic rings. The zero-order valence-electron chi connectivity index (χ0n) is 8.56. The summed E-state index contributed by atoms with van der Waals surface area (Å²) in [5, 5.41) is 18.5. The number of aromatic amines is 1. The third kappa shape index (κ3) is 1.75. The van der Waals surface area contributed by atoms with Crippen LogP contribution in [0.5, 0.6) is 11.6 Å². The first-order chi connectivity index (χ1) is 7.58. The van der Waals surface area contributed by atoms with Crippen molar-refractivity contribution in [2.24, 2.45) is 0 Å². The number of rotatable bonds is 1. The van der Waals surface area contributed by atoms with E-state index in [1.165, 1.54) is 19.1 Å². The van der Waals surface area contributed by atoms with Gasteiger partial charge in [0, 0.05) is 5.56 Å². The third-order valence-electron chi connectivity index (χ3n) is 2.27. The molecule has 0 saturated carbocycles. The summed E-state index contributed by atoms with van der Waals surface area (Å²) >= 11 is 0. The van der Waals surface area contributed by atoms with Crippen molar-refractivity contribution in [3.63, 3.8) is 0 Å². The van der Waals surface area contributed by atoms with Crippen LogP contribution < -0.4 is 5.56 Å². The van der Waals surface area contributed by atoms with Crippen LogP contribution in [0.25, 0.3) is 11.4 Å². The van der Waals surface area contributed by atoms with Gasteiger partial charge in [-0.05, 0) is 31.2 Å². The predicted octanol–water partition coefficient (Wildman–Crippen LogP) is 1.16. The van der Waals surface area contributed by atoms with Gasteiger partial charge in [-0.2, -0.15) is 4.98 Å². The van der Waals surface area contributed by atoms with Gasteiger partial charge in [-0.15, -0.1) is 0 Å². The second kappa shape index (κ2) is 3.69. The van der Waals surface area contributed by atoms with Crippen LogP contribution in [-0.2, 0) is 0 Å². The number of aromatic nitrogens is 2. The molecule has 0 amide bonds. The Morgan fingerprint density at radius 2 is 1.81 bits per heavy atom. The van der Waals surface area contributed by atoms with Gasteiger partial charge in [-0.1, -0.05) is 0 Å². The van der Waals surface area contributed by atoms with E-state index in [-0.39, 0.29) is 28.6 Å². The zero-order chi connectivity index (χ0) is 11.7. The van der Waals surface area contributed by atoms with Gasteiger partial charge in [0.2, 0.25) is 5.88 Å². The standard InChI is InChI=1S/C11H10N2O3/c1-6-10(15)12-9(13-11(6)16)7-2-4-8(14)5-3-7/h2-5,14H,1H3,(H2,12,13,15,16). The molecule has 5 nitrogen and oxygen atoms in total. The molecule has 1 aromatic heterocycles. The topological polar surface area (TPSA) is 86.2 Å². The first kappa shape index (κ1) is 10.2. The number of benzene rings is 1. The number of hydrogen-bond acceptors (Lipinski definition) is 4. The number of aromatic hydroxyl groups is 2. The SMILES string of the molecule is Cc1c(O)nc(-c2ccc(O)cc2)[nH]c1=O. The van der Waals surface area contributed by atoms with Crippen LogP contribution in [0.2, 0.25) is 0 Å². The van der Waals surface area contributed by atoms with Crippen LogP contribution in [0.1, 0.15) is 5.56 Å². The molecular weight excluding hydrogens is 208 g/mol. The van der Waals surface area contributed by atoms with Crippen LogP contribution in [0, 0.1) is 6.92 Å². The summed E-state index contributed by atoms with van der Waals surface area (Å²) in [7, 11) is 0. The van der Waals surface area contributed by atoms with E-state index in [1.54, 1.807) is 12.1 Å². The number of H-pyrrole nitrogens is 1. The molecule has 0 atom stereocenters. The summed E-state index contributed by atoms with van der Waals surface area (Å²) < 4.78 is 0. The minimum Gasteiger partial charge on any atom is -0.508 e. The predicted molar refractivity (Wildman–Crippen MR) is 58.4 cm³/mol. The maximum absolute atomic E-state index is 11.4. The van der Waals surface area contributed by atoms with Crippen molar-refractivity contribution in [1.29, 1.82) is 0 Å². The Morgan fingerprint density at radius 3 is 2.38 bits per heavy atom. The molecule has 0 aliphatic rings. The molecule has 0 fully saturated rings. The Hall–Kier alpha value is -2.30. The van der Waals surface area contributed by atoms with Crippen LogP contribution in [-0.4, -0.2) is 20.2 Å². The number of nitrogens with zero attached hydrogens (tertiary/aromatic N) is 1. The molecule has 1 heterocycles. The lowest BCUT2D eigenvalue weighted by molar-refractivity contribution is 0.447. The average molecular weight is 218 g/mol. The first-order valence-corrected chi connectivity index (χ1v) is 4.67. The smallest absolute Gasteiger partial charge is 0.257 e. The second-order valence-electron chi connectivity index (χ2n) is 3.41. The van der Waals surface area contributed by atoms with Gasteiger partial charge in [0.25, 0.3) is 5.56 Å². The van der Waals surface area contributed by atoms with Crippen LogP contribution in [0.3, 0.4) is 0 Å². The molecule has 16 heavy (non-hydrogen) atoms. The van der Waals surface area contributed by atoms with Gasteiger partial charge < -0.3 is 15.2 Å². The molecular formula is C11H10N2O3. The van der Waals surface area contributed by atoms with E-state index in [9.17, 15) is 9.90 Å². The van der Waals surface area contributed by atoms with Gasteiger partial charge in [0.1, 0.15) is 11.6 Å². The fraction of sp³-hybridized carbons (Fsp3) is 0.0909. The fourth-order valence-corrected chi connectivity index (χ4v) is 1.28. The number of nitrogens with one attached hydrogen (secondary N) is 1. The highest BCUT2D eigenvalue weighted by atomic mass is 16.3. The first-order valence-electron chi connectivity index (χ1n) is 4.67. The molecule has 2 rings (SSSR count). The van der Waals surface area contributed by atoms with E-state index in [2.05, 4.69) is 9.97 Å². The summed E-state index contributed by atoms with van der Waals surface area (Å²) in [4.78, 5) is 17.8. The van der Waals surface area contributed by atoms with Gasteiger partial charge >= 0.3 is 0 Å². The normalized spacial score (nSPS) is 10.3. The quantitative estimate of drug-likeness (QED) is 0.670. The highest BCUT2D eigenvalue weighted by molar-refractivity contribution is 5.56. The van der Waals surface area contributed by atoms with Crippen molar-refractivity contribution < 1.29 is 10.2 Å². The lowest BCUT2D eigenvalue weighted by Crippen LogP contribution is -2.11. The van der Waals surface area contributed by atoms with E-state index in [0.29, 0.717) is 5.56 Å². The van der Waals surface area contributed by atoms with Crippen molar-refractivity contribution in [3.8, 4) is 23.0 Å². The summed E-state index contributed by atoms with van der Waals surface area (Å²) in [6, 6.07) is 6.16. The maximum Gasteiger partial charge on any atom is 0.257 e. The monoisotopic (exact) mass is 218 g/mol.